The number of rotatable bonds is 4. The van der Waals surface area contributed by atoms with Crippen LogP contribution in [0.3, 0.4) is 0 Å². The molecule has 1 aliphatic heterocycles. The summed E-state index contributed by atoms with van der Waals surface area (Å²) in [6, 6.07) is 10.6. The van der Waals surface area contributed by atoms with Crippen molar-refractivity contribution in [3.8, 4) is 0 Å². The molecular weight excluding hydrogens is 286 g/mol. The fourth-order valence-corrected chi connectivity index (χ4v) is 3.19. The molecule has 0 unspecified atom stereocenters. The summed E-state index contributed by atoms with van der Waals surface area (Å²) in [6.07, 6.45) is 8.04. The number of nitrogens with zero attached hydrogens (tertiary/aromatic N) is 1. The zero-order valence-electron chi connectivity index (χ0n) is 13.6. The van der Waals surface area contributed by atoms with Gasteiger partial charge >= 0.3 is 5.97 Å². The van der Waals surface area contributed by atoms with Gasteiger partial charge in [-0.25, -0.2) is 4.79 Å². The van der Waals surface area contributed by atoms with Gasteiger partial charge in [-0.15, -0.1) is 0 Å². The van der Waals surface area contributed by atoms with E-state index in [1.165, 1.54) is 16.7 Å². The summed E-state index contributed by atoms with van der Waals surface area (Å²) in [6.45, 7) is 5.16. The van der Waals surface area contributed by atoms with Gasteiger partial charge in [-0.1, -0.05) is 42.5 Å². The molecule has 120 valence electrons. The number of ether oxygens (including phenoxy) is 1. The fraction of sp³-hybridized carbons (Fsp3) is 0.350. The number of hydrogen-bond donors (Lipinski definition) is 0. The Morgan fingerprint density at radius 2 is 2.00 bits per heavy atom. The van der Waals surface area contributed by atoms with Crippen LogP contribution in [0.2, 0.25) is 0 Å². The number of carbonyl (C=O) groups excluding carboxylic acids is 1. The van der Waals surface area contributed by atoms with Crippen LogP contribution in [-0.2, 0) is 16.1 Å². The van der Waals surface area contributed by atoms with E-state index in [1.54, 1.807) is 6.08 Å². The van der Waals surface area contributed by atoms with Gasteiger partial charge in [0.05, 0.1) is 6.61 Å². The first-order chi connectivity index (χ1) is 11.2. The van der Waals surface area contributed by atoms with Gasteiger partial charge in [0.15, 0.2) is 0 Å². The summed E-state index contributed by atoms with van der Waals surface area (Å²) in [5.41, 5.74) is 5.17. The second kappa shape index (κ2) is 7.42. The van der Waals surface area contributed by atoms with Crippen molar-refractivity contribution in [3.05, 3.63) is 70.8 Å². The molecule has 0 bridgehead atoms. The molecule has 3 rings (SSSR count). The molecule has 0 N–H and O–H groups in total. The summed E-state index contributed by atoms with van der Waals surface area (Å²) in [7, 11) is 0. The highest BCUT2D eigenvalue weighted by molar-refractivity contribution is 5.83. The Hall–Kier alpha value is -2.13. The molecule has 0 amide bonds. The van der Waals surface area contributed by atoms with E-state index in [1.807, 2.05) is 6.92 Å². The molecule has 23 heavy (non-hydrogen) atoms. The molecule has 0 radical (unpaired) electrons. The topological polar surface area (TPSA) is 29.5 Å². The zero-order chi connectivity index (χ0) is 16.1. The van der Waals surface area contributed by atoms with Crippen LogP contribution in [0.1, 0.15) is 25.3 Å². The number of hydrogen-bond acceptors (Lipinski definition) is 3. The summed E-state index contributed by atoms with van der Waals surface area (Å²) in [4.78, 5) is 14.1. The summed E-state index contributed by atoms with van der Waals surface area (Å²) >= 11 is 0. The van der Waals surface area contributed by atoms with E-state index < -0.39 is 0 Å². The molecular formula is C20H23NO2. The first-order valence-electron chi connectivity index (χ1n) is 8.28. The molecule has 2 aliphatic rings. The van der Waals surface area contributed by atoms with E-state index >= 15 is 0 Å². The fourth-order valence-electron chi connectivity index (χ4n) is 3.19. The van der Waals surface area contributed by atoms with E-state index in [4.69, 9.17) is 4.74 Å². The quantitative estimate of drug-likeness (QED) is 0.628. The first kappa shape index (κ1) is 15.8. The van der Waals surface area contributed by atoms with E-state index in [9.17, 15) is 4.79 Å². The summed E-state index contributed by atoms with van der Waals surface area (Å²) in [5, 5.41) is 0. The minimum Gasteiger partial charge on any atom is -0.463 e. The molecule has 1 aromatic rings. The van der Waals surface area contributed by atoms with Crippen LogP contribution in [0, 0.1) is 0 Å². The molecule has 0 saturated carbocycles. The third kappa shape index (κ3) is 4.20. The average molecular weight is 309 g/mol. The smallest absolute Gasteiger partial charge is 0.331 e. The van der Waals surface area contributed by atoms with Gasteiger partial charge in [0.1, 0.15) is 0 Å². The highest BCUT2D eigenvalue weighted by Gasteiger charge is 2.23. The summed E-state index contributed by atoms with van der Waals surface area (Å²) in [5.74, 6) is -0.234. The lowest BCUT2D eigenvalue weighted by molar-refractivity contribution is -0.137. The van der Waals surface area contributed by atoms with Crippen molar-refractivity contribution >= 4 is 5.97 Å². The Balaban J connectivity index is 1.71. The minimum absolute atomic E-state index is 0.234. The third-order valence-electron chi connectivity index (χ3n) is 4.22. The van der Waals surface area contributed by atoms with Crippen LogP contribution in [-0.4, -0.2) is 30.6 Å². The maximum absolute atomic E-state index is 11.7. The molecule has 3 heteroatoms. The van der Waals surface area contributed by atoms with Crippen molar-refractivity contribution in [3.63, 3.8) is 0 Å². The normalized spacial score (nSPS) is 19.8. The van der Waals surface area contributed by atoms with Gasteiger partial charge in [0.2, 0.25) is 0 Å². The minimum atomic E-state index is -0.234. The Morgan fingerprint density at radius 1 is 1.22 bits per heavy atom. The van der Waals surface area contributed by atoms with Gasteiger partial charge < -0.3 is 4.74 Å². The lowest BCUT2D eigenvalue weighted by Gasteiger charge is -2.14. The number of carbonyl (C=O) groups is 1. The van der Waals surface area contributed by atoms with Gasteiger partial charge in [0, 0.05) is 25.7 Å². The standard InChI is InChI=1S/C20H23NO2/c1-2-23-20(22)12-17-9-6-10-18-14-21(15-19(18)11-17)13-16-7-4-3-5-8-16/h3-5,7-8,10-12H,2,6,9,13-15H2,1H3/b17-12-. The number of esters is 1. The molecule has 3 nitrogen and oxygen atoms in total. The molecule has 1 fully saturated rings. The van der Waals surface area contributed by atoms with E-state index in [0.717, 1.165) is 38.0 Å². The predicted molar refractivity (Wildman–Crippen MR) is 91.8 cm³/mol. The lowest BCUT2D eigenvalue weighted by Crippen LogP contribution is -2.18. The van der Waals surface area contributed by atoms with Gasteiger partial charge in [-0.05, 0) is 42.0 Å². The van der Waals surface area contributed by atoms with E-state index in [-0.39, 0.29) is 5.97 Å². The Bertz CT molecular complexity index is 655. The lowest BCUT2D eigenvalue weighted by atomic mass is 10.1. The van der Waals surface area contributed by atoms with Crippen molar-refractivity contribution in [2.75, 3.05) is 19.7 Å². The van der Waals surface area contributed by atoms with Crippen LogP contribution in [0.15, 0.2) is 65.3 Å². The Morgan fingerprint density at radius 3 is 2.78 bits per heavy atom. The second-order valence-corrected chi connectivity index (χ2v) is 6.04. The van der Waals surface area contributed by atoms with Crippen LogP contribution < -0.4 is 0 Å². The van der Waals surface area contributed by atoms with E-state index in [2.05, 4.69) is 47.4 Å². The molecule has 1 aliphatic carbocycles. The van der Waals surface area contributed by atoms with Gasteiger partial charge in [-0.2, -0.15) is 0 Å². The zero-order valence-corrected chi connectivity index (χ0v) is 13.6. The highest BCUT2D eigenvalue weighted by atomic mass is 16.5. The van der Waals surface area contributed by atoms with Crippen molar-refractivity contribution in [2.24, 2.45) is 0 Å². The maximum Gasteiger partial charge on any atom is 0.331 e. The molecule has 1 aromatic carbocycles. The van der Waals surface area contributed by atoms with Crippen molar-refractivity contribution in [1.29, 1.82) is 0 Å². The number of benzene rings is 1. The predicted octanol–water partition coefficient (Wildman–Crippen LogP) is 3.64. The molecule has 1 saturated heterocycles. The number of likely N-dealkylation sites (tertiary alicyclic amines) is 1. The number of fused-ring (bicyclic) bond motifs is 1. The number of allylic oxidation sites excluding steroid dienone is 3. The Kier molecular flexibility index (Phi) is 5.09. The van der Waals surface area contributed by atoms with Gasteiger partial charge in [-0.3, -0.25) is 4.90 Å². The monoisotopic (exact) mass is 309 g/mol. The average Bonchev–Trinajstić information content (AvgIpc) is 2.80. The third-order valence-corrected chi connectivity index (χ3v) is 4.22. The molecule has 0 spiro atoms. The second-order valence-electron chi connectivity index (χ2n) is 6.04. The maximum atomic E-state index is 11.7. The molecule has 1 heterocycles. The molecule has 0 atom stereocenters. The van der Waals surface area contributed by atoms with Crippen molar-refractivity contribution in [2.45, 2.75) is 26.3 Å². The van der Waals surface area contributed by atoms with E-state index in [0.29, 0.717) is 6.61 Å². The van der Waals surface area contributed by atoms with Crippen LogP contribution in [0.5, 0.6) is 0 Å². The van der Waals surface area contributed by atoms with Crippen LogP contribution in [0.25, 0.3) is 0 Å². The summed E-state index contributed by atoms with van der Waals surface area (Å²) < 4.78 is 5.02. The largest absolute Gasteiger partial charge is 0.463 e. The highest BCUT2D eigenvalue weighted by Crippen LogP contribution is 2.29. The van der Waals surface area contributed by atoms with Crippen molar-refractivity contribution in [1.82, 2.24) is 4.90 Å². The van der Waals surface area contributed by atoms with Crippen LogP contribution in [0.4, 0.5) is 0 Å². The Labute approximate surface area is 137 Å². The van der Waals surface area contributed by atoms with Gasteiger partial charge in [0.25, 0.3) is 0 Å². The van der Waals surface area contributed by atoms with Crippen LogP contribution >= 0.6 is 0 Å². The SMILES string of the molecule is CCOC(=O)/C=C1\C=C2CN(Cc3ccccc3)CC2=CCC1. The molecule has 0 aromatic heterocycles. The van der Waals surface area contributed by atoms with Crippen molar-refractivity contribution < 1.29 is 9.53 Å². The first-order valence-corrected chi connectivity index (χ1v) is 8.28.